The number of nitrogens with one attached hydrogen (secondary N) is 2. The fourth-order valence-corrected chi connectivity index (χ4v) is 2.20. The van der Waals surface area contributed by atoms with Crippen molar-refractivity contribution in [3.8, 4) is 0 Å². The molecule has 0 atom stereocenters. The smallest absolute Gasteiger partial charge is 0.407 e. The van der Waals surface area contributed by atoms with Gasteiger partial charge >= 0.3 is 6.09 Å². The molecule has 0 heterocycles. The van der Waals surface area contributed by atoms with E-state index in [4.69, 9.17) is 4.74 Å². The van der Waals surface area contributed by atoms with E-state index in [1.165, 1.54) is 0 Å². The molecule has 1 aliphatic rings. The average molecular weight is 256 g/mol. The minimum Gasteiger partial charge on any atom is -0.444 e. The van der Waals surface area contributed by atoms with E-state index in [2.05, 4.69) is 10.6 Å². The minimum absolute atomic E-state index is 0.201. The van der Waals surface area contributed by atoms with Gasteiger partial charge in [-0.2, -0.15) is 0 Å². The third-order valence-electron chi connectivity index (χ3n) is 3.06. The Balaban J connectivity index is 2.23. The Labute approximate surface area is 109 Å². The van der Waals surface area contributed by atoms with Crippen LogP contribution in [0.5, 0.6) is 0 Å². The summed E-state index contributed by atoms with van der Waals surface area (Å²) in [6.45, 7) is 6.31. The molecule has 0 radical (unpaired) electrons. The lowest BCUT2D eigenvalue weighted by molar-refractivity contribution is -0.109. The van der Waals surface area contributed by atoms with Crippen LogP contribution in [0.4, 0.5) is 4.79 Å². The van der Waals surface area contributed by atoms with Crippen molar-refractivity contribution in [2.24, 2.45) is 5.92 Å². The van der Waals surface area contributed by atoms with E-state index in [0.717, 1.165) is 38.6 Å². The topological polar surface area (TPSA) is 67.4 Å². The molecule has 1 fully saturated rings. The first-order valence-corrected chi connectivity index (χ1v) is 6.57. The van der Waals surface area contributed by atoms with Gasteiger partial charge in [-0.1, -0.05) is 0 Å². The standard InChI is InChI=1S/C13H24N2O3/c1-13(2,3)18-12(17)15-11-6-4-10(5-7-11)8-14-9-16/h9-11H,4-8H2,1-3H3,(H,14,16)(H,15,17). The average Bonchev–Trinajstić information content (AvgIpc) is 2.25. The Bertz CT molecular complexity index is 278. The second-order valence-electron chi connectivity index (χ2n) is 5.89. The molecular formula is C13H24N2O3. The highest BCUT2D eigenvalue weighted by Crippen LogP contribution is 2.23. The number of ether oxygens (including phenoxy) is 1. The fourth-order valence-electron chi connectivity index (χ4n) is 2.20. The molecule has 0 aromatic rings. The number of amides is 2. The molecule has 104 valence electrons. The van der Waals surface area contributed by atoms with Crippen molar-refractivity contribution in [3.05, 3.63) is 0 Å². The highest BCUT2D eigenvalue weighted by Gasteiger charge is 2.24. The van der Waals surface area contributed by atoms with Crippen molar-refractivity contribution < 1.29 is 14.3 Å². The molecule has 0 aliphatic heterocycles. The molecule has 0 spiro atoms. The van der Waals surface area contributed by atoms with Crippen LogP contribution < -0.4 is 10.6 Å². The van der Waals surface area contributed by atoms with E-state index < -0.39 is 5.60 Å². The zero-order valence-corrected chi connectivity index (χ0v) is 11.5. The van der Waals surface area contributed by atoms with Gasteiger partial charge in [0.25, 0.3) is 0 Å². The summed E-state index contributed by atoms with van der Waals surface area (Å²) < 4.78 is 5.22. The molecular weight excluding hydrogens is 232 g/mol. The van der Waals surface area contributed by atoms with Gasteiger partial charge in [0.2, 0.25) is 6.41 Å². The number of carbonyl (C=O) groups excluding carboxylic acids is 2. The first-order chi connectivity index (χ1) is 8.40. The van der Waals surface area contributed by atoms with Crippen LogP contribution in [0.3, 0.4) is 0 Å². The number of carbonyl (C=O) groups is 2. The van der Waals surface area contributed by atoms with Gasteiger partial charge in [0.05, 0.1) is 0 Å². The maximum absolute atomic E-state index is 11.6. The van der Waals surface area contributed by atoms with E-state index in [1.54, 1.807) is 0 Å². The van der Waals surface area contributed by atoms with Crippen LogP contribution in [0.15, 0.2) is 0 Å². The Morgan fingerprint density at radius 2 is 1.89 bits per heavy atom. The number of rotatable bonds is 4. The van der Waals surface area contributed by atoms with Crippen LogP contribution in [0.25, 0.3) is 0 Å². The summed E-state index contributed by atoms with van der Waals surface area (Å²) in [5.41, 5.74) is -0.449. The molecule has 0 aromatic heterocycles. The van der Waals surface area contributed by atoms with Crippen molar-refractivity contribution in [1.29, 1.82) is 0 Å². The van der Waals surface area contributed by atoms with Gasteiger partial charge in [-0.05, 0) is 52.4 Å². The second-order valence-corrected chi connectivity index (χ2v) is 5.89. The van der Waals surface area contributed by atoms with E-state index in [9.17, 15) is 9.59 Å². The summed E-state index contributed by atoms with van der Waals surface area (Å²) in [5.74, 6) is 0.534. The maximum Gasteiger partial charge on any atom is 0.407 e. The van der Waals surface area contributed by atoms with Crippen LogP contribution in [-0.4, -0.2) is 30.7 Å². The quantitative estimate of drug-likeness (QED) is 0.754. The van der Waals surface area contributed by atoms with Crippen molar-refractivity contribution >= 4 is 12.5 Å². The molecule has 1 aliphatic carbocycles. The zero-order valence-electron chi connectivity index (χ0n) is 11.5. The van der Waals surface area contributed by atoms with Gasteiger partial charge in [0.1, 0.15) is 5.60 Å². The summed E-state index contributed by atoms with van der Waals surface area (Å²) in [6, 6.07) is 0.201. The monoisotopic (exact) mass is 256 g/mol. The van der Waals surface area contributed by atoms with Gasteiger partial charge in [-0.25, -0.2) is 4.79 Å². The van der Waals surface area contributed by atoms with Gasteiger partial charge in [-0.3, -0.25) is 4.79 Å². The van der Waals surface area contributed by atoms with Crippen LogP contribution in [0.1, 0.15) is 46.5 Å². The Hall–Kier alpha value is -1.26. The summed E-state index contributed by atoms with van der Waals surface area (Å²) in [4.78, 5) is 21.8. The largest absolute Gasteiger partial charge is 0.444 e. The van der Waals surface area contributed by atoms with E-state index >= 15 is 0 Å². The van der Waals surface area contributed by atoms with Gasteiger partial charge in [0.15, 0.2) is 0 Å². The molecule has 2 amide bonds. The number of hydrogen-bond acceptors (Lipinski definition) is 3. The van der Waals surface area contributed by atoms with E-state index in [0.29, 0.717) is 5.92 Å². The Morgan fingerprint density at radius 3 is 2.39 bits per heavy atom. The minimum atomic E-state index is -0.449. The van der Waals surface area contributed by atoms with Gasteiger partial charge in [-0.15, -0.1) is 0 Å². The molecule has 2 N–H and O–H groups in total. The molecule has 0 aromatic carbocycles. The molecule has 0 bridgehead atoms. The Morgan fingerprint density at radius 1 is 1.28 bits per heavy atom. The summed E-state index contributed by atoms with van der Waals surface area (Å²) in [5, 5.41) is 5.61. The highest BCUT2D eigenvalue weighted by atomic mass is 16.6. The molecule has 0 saturated heterocycles. The van der Waals surface area contributed by atoms with Crippen LogP contribution in [0.2, 0.25) is 0 Å². The third kappa shape index (κ3) is 5.89. The number of hydrogen-bond donors (Lipinski definition) is 2. The van der Waals surface area contributed by atoms with Gasteiger partial charge < -0.3 is 15.4 Å². The van der Waals surface area contributed by atoms with Crippen LogP contribution in [0, 0.1) is 5.92 Å². The second kappa shape index (κ2) is 6.61. The molecule has 5 nitrogen and oxygen atoms in total. The summed E-state index contributed by atoms with van der Waals surface area (Å²) >= 11 is 0. The van der Waals surface area contributed by atoms with Crippen molar-refractivity contribution in [2.75, 3.05) is 6.54 Å². The molecule has 18 heavy (non-hydrogen) atoms. The van der Waals surface area contributed by atoms with Crippen molar-refractivity contribution in [2.45, 2.75) is 58.1 Å². The van der Waals surface area contributed by atoms with Gasteiger partial charge in [0, 0.05) is 12.6 Å². The normalized spacial score (nSPS) is 24.2. The summed E-state index contributed by atoms with van der Waals surface area (Å²) in [7, 11) is 0. The third-order valence-corrected chi connectivity index (χ3v) is 3.06. The highest BCUT2D eigenvalue weighted by molar-refractivity contribution is 5.68. The maximum atomic E-state index is 11.6. The molecule has 0 unspecified atom stereocenters. The number of alkyl carbamates (subject to hydrolysis) is 1. The van der Waals surface area contributed by atoms with Crippen molar-refractivity contribution in [1.82, 2.24) is 10.6 Å². The lowest BCUT2D eigenvalue weighted by Crippen LogP contribution is -2.41. The molecule has 1 saturated carbocycles. The fraction of sp³-hybridized carbons (Fsp3) is 0.846. The van der Waals surface area contributed by atoms with Crippen LogP contribution >= 0.6 is 0 Å². The first kappa shape index (κ1) is 14.8. The van der Waals surface area contributed by atoms with E-state index in [-0.39, 0.29) is 12.1 Å². The van der Waals surface area contributed by atoms with Crippen LogP contribution in [-0.2, 0) is 9.53 Å². The zero-order chi connectivity index (χ0) is 13.6. The predicted molar refractivity (Wildman–Crippen MR) is 69.2 cm³/mol. The Kier molecular flexibility index (Phi) is 5.44. The molecule has 5 heteroatoms. The first-order valence-electron chi connectivity index (χ1n) is 6.57. The lowest BCUT2D eigenvalue weighted by atomic mass is 9.86. The predicted octanol–water partition coefficient (Wildman–Crippen LogP) is 1.82. The van der Waals surface area contributed by atoms with E-state index in [1.807, 2.05) is 20.8 Å². The SMILES string of the molecule is CC(C)(C)OC(=O)NC1CCC(CNC=O)CC1. The van der Waals surface area contributed by atoms with Crippen molar-refractivity contribution in [3.63, 3.8) is 0 Å². The summed E-state index contributed by atoms with van der Waals surface area (Å²) in [6.07, 6.45) is 4.36. The lowest BCUT2D eigenvalue weighted by Gasteiger charge is -2.29. The molecule has 1 rings (SSSR count).